The van der Waals surface area contributed by atoms with Crippen LogP contribution in [0.3, 0.4) is 0 Å². The Hall–Kier alpha value is -3.42. The molecule has 1 saturated heterocycles. The van der Waals surface area contributed by atoms with Crippen LogP contribution >= 0.6 is 0 Å². The van der Waals surface area contributed by atoms with Gasteiger partial charge in [-0.1, -0.05) is 30.7 Å². The summed E-state index contributed by atoms with van der Waals surface area (Å²) in [6.45, 7) is 9.49. The SMILES string of the molecule is CCOC(=O)c1cc(-c2cc3c(cc2C(=O)N2Cc4ccccc4C[C@H]2CN2CCCCC2)CNCC3)n(C)c1C. The number of benzene rings is 2. The van der Waals surface area contributed by atoms with Crippen molar-refractivity contribution in [1.29, 1.82) is 0 Å². The van der Waals surface area contributed by atoms with Gasteiger partial charge < -0.3 is 24.4 Å². The molecule has 7 heteroatoms. The quantitative estimate of drug-likeness (QED) is 0.440. The van der Waals surface area contributed by atoms with Gasteiger partial charge in [-0.05, 0) is 99.6 Å². The molecule has 1 fully saturated rings. The van der Waals surface area contributed by atoms with Crippen molar-refractivity contribution < 1.29 is 14.3 Å². The Morgan fingerprint density at radius 3 is 2.54 bits per heavy atom. The molecule has 3 aliphatic heterocycles. The third kappa shape index (κ3) is 5.45. The van der Waals surface area contributed by atoms with Crippen molar-refractivity contribution >= 4 is 11.9 Å². The maximum Gasteiger partial charge on any atom is 0.339 e. The fourth-order valence-electron chi connectivity index (χ4n) is 6.88. The smallest absolute Gasteiger partial charge is 0.339 e. The Morgan fingerprint density at radius 2 is 1.76 bits per heavy atom. The molecule has 0 aliphatic carbocycles. The Balaban J connectivity index is 1.43. The lowest BCUT2D eigenvalue weighted by Crippen LogP contribution is -2.51. The summed E-state index contributed by atoms with van der Waals surface area (Å²) >= 11 is 0. The average Bonchev–Trinajstić information content (AvgIpc) is 3.30. The van der Waals surface area contributed by atoms with E-state index in [9.17, 15) is 9.59 Å². The monoisotopic (exact) mass is 554 g/mol. The first-order valence-electron chi connectivity index (χ1n) is 15.2. The number of aromatic nitrogens is 1. The van der Waals surface area contributed by atoms with E-state index in [4.69, 9.17) is 4.74 Å². The van der Waals surface area contributed by atoms with Gasteiger partial charge in [-0.25, -0.2) is 4.79 Å². The van der Waals surface area contributed by atoms with Crippen molar-refractivity contribution in [3.05, 3.63) is 81.5 Å². The molecule has 6 rings (SSSR count). The molecule has 0 saturated carbocycles. The highest BCUT2D eigenvalue weighted by molar-refractivity contribution is 6.02. The molecule has 1 N–H and O–H groups in total. The van der Waals surface area contributed by atoms with Crippen LogP contribution in [0.25, 0.3) is 11.3 Å². The molecule has 0 radical (unpaired) electrons. The number of amides is 1. The number of esters is 1. The van der Waals surface area contributed by atoms with Crippen molar-refractivity contribution in [3.63, 3.8) is 0 Å². The minimum atomic E-state index is -0.323. The maximum absolute atomic E-state index is 14.8. The highest BCUT2D eigenvalue weighted by Crippen LogP contribution is 2.35. The van der Waals surface area contributed by atoms with Gasteiger partial charge in [0.05, 0.1) is 12.2 Å². The Labute approximate surface area is 243 Å². The molecule has 3 aromatic rings. The molecule has 41 heavy (non-hydrogen) atoms. The lowest BCUT2D eigenvalue weighted by atomic mass is 9.89. The van der Waals surface area contributed by atoms with E-state index in [-0.39, 0.29) is 17.9 Å². The number of nitrogens with zero attached hydrogens (tertiary/aromatic N) is 3. The van der Waals surface area contributed by atoms with Crippen LogP contribution in [-0.4, -0.2) is 65.1 Å². The number of carbonyl (C=O) groups is 2. The van der Waals surface area contributed by atoms with Gasteiger partial charge in [-0.3, -0.25) is 4.79 Å². The van der Waals surface area contributed by atoms with Crippen molar-refractivity contribution in [2.45, 2.75) is 65.1 Å². The summed E-state index contributed by atoms with van der Waals surface area (Å²) in [7, 11) is 1.97. The Bertz CT molecular complexity index is 1450. The second kappa shape index (κ2) is 11.8. The summed E-state index contributed by atoms with van der Waals surface area (Å²) < 4.78 is 7.39. The summed E-state index contributed by atoms with van der Waals surface area (Å²) in [5, 5.41) is 3.48. The maximum atomic E-state index is 14.8. The average molecular weight is 555 g/mol. The van der Waals surface area contributed by atoms with Gasteiger partial charge in [-0.15, -0.1) is 0 Å². The molecular formula is C34H42N4O3. The van der Waals surface area contributed by atoms with Crippen LogP contribution in [0.4, 0.5) is 0 Å². The predicted octanol–water partition coefficient (Wildman–Crippen LogP) is 4.88. The molecule has 0 spiro atoms. The molecule has 0 bridgehead atoms. The van der Waals surface area contributed by atoms with E-state index in [1.165, 1.54) is 41.5 Å². The zero-order valence-electron chi connectivity index (χ0n) is 24.7. The molecule has 1 atom stereocenters. The van der Waals surface area contributed by atoms with Crippen molar-refractivity contribution in [2.75, 3.05) is 32.8 Å². The molecule has 3 aliphatic rings. The highest BCUT2D eigenvalue weighted by atomic mass is 16.5. The third-order valence-corrected chi connectivity index (χ3v) is 9.30. The van der Waals surface area contributed by atoms with Gasteiger partial charge >= 0.3 is 5.97 Å². The fraction of sp³-hybridized carbons (Fsp3) is 0.471. The van der Waals surface area contributed by atoms with Crippen LogP contribution in [0.15, 0.2) is 42.5 Å². The second-order valence-electron chi connectivity index (χ2n) is 11.8. The molecule has 7 nitrogen and oxygen atoms in total. The Morgan fingerprint density at radius 1 is 0.976 bits per heavy atom. The minimum absolute atomic E-state index is 0.0708. The van der Waals surface area contributed by atoms with Gasteiger partial charge in [0.25, 0.3) is 5.91 Å². The molecule has 1 aromatic heterocycles. The van der Waals surface area contributed by atoms with E-state index in [1.54, 1.807) is 0 Å². The first kappa shape index (κ1) is 27.7. The van der Waals surface area contributed by atoms with E-state index in [0.717, 1.165) is 62.5 Å². The number of hydrogen-bond acceptors (Lipinski definition) is 5. The summed E-state index contributed by atoms with van der Waals surface area (Å²) in [6, 6.07) is 14.9. The van der Waals surface area contributed by atoms with E-state index in [0.29, 0.717) is 24.3 Å². The summed E-state index contributed by atoms with van der Waals surface area (Å²) in [6.07, 6.45) is 5.54. The first-order valence-corrected chi connectivity index (χ1v) is 15.2. The van der Waals surface area contributed by atoms with Gasteiger partial charge in [0.2, 0.25) is 0 Å². The normalized spacial score (nSPS) is 19.0. The van der Waals surface area contributed by atoms with E-state index < -0.39 is 0 Å². The lowest BCUT2D eigenvalue weighted by molar-refractivity contribution is 0.0524. The van der Waals surface area contributed by atoms with Gasteiger partial charge in [-0.2, -0.15) is 0 Å². The number of nitrogens with one attached hydrogen (secondary N) is 1. The number of likely N-dealkylation sites (tertiary alicyclic amines) is 1. The van der Waals surface area contributed by atoms with Gasteiger partial charge in [0.1, 0.15) is 0 Å². The van der Waals surface area contributed by atoms with Gasteiger partial charge in [0.15, 0.2) is 0 Å². The summed E-state index contributed by atoms with van der Waals surface area (Å²) in [4.78, 5) is 32.2. The van der Waals surface area contributed by atoms with Crippen LogP contribution in [-0.2, 0) is 37.7 Å². The molecule has 1 amide bonds. The first-order chi connectivity index (χ1) is 19.9. The molecule has 2 aromatic carbocycles. The van der Waals surface area contributed by atoms with E-state index >= 15 is 0 Å². The highest BCUT2D eigenvalue weighted by Gasteiger charge is 2.34. The number of rotatable bonds is 6. The van der Waals surface area contributed by atoms with Crippen LogP contribution in [0, 0.1) is 6.92 Å². The Kier molecular flexibility index (Phi) is 8.00. The predicted molar refractivity (Wildman–Crippen MR) is 161 cm³/mol. The number of piperidine rings is 1. The van der Waals surface area contributed by atoms with Crippen LogP contribution in [0.5, 0.6) is 0 Å². The second-order valence-corrected chi connectivity index (χ2v) is 11.8. The molecule has 0 unspecified atom stereocenters. The van der Waals surface area contributed by atoms with Crippen LogP contribution < -0.4 is 5.32 Å². The largest absolute Gasteiger partial charge is 0.462 e. The number of hydrogen-bond donors (Lipinski definition) is 1. The van der Waals surface area contributed by atoms with Crippen molar-refractivity contribution in [1.82, 2.24) is 19.7 Å². The fourth-order valence-corrected chi connectivity index (χ4v) is 6.88. The summed E-state index contributed by atoms with van der Waals surface area (Å²) in [5.74, 6) is -0.252. The van der Waals surface area contributed by atoms with E-state index in [1.807, 2.05) is 31.5 Å². The molecule has 216 valence electrons. The van der Waals surface area contributed by atoms with E-state index in [2.05, 4.69) is 51.5 Å². The van der Waals surface area contributed by atoms with Crippen LogP contribution in [0.2, 0.25) is 0 Å². The molecule has 4 heterocycles. The number of carbonyl (C=O) groups excluding carboxylic acids is 2. The van der Waals surface area contributed by atoms with Crippen molar-refractivity contribution in [3.8, 4) is 11.3 Å². The van der Waals surface area contributed by atoms with Crippen molar-refractivity contribution in [2.24, 2.45) is 7.05 Å². The zero-order chi connectivity index (χ0) is 28.5. The number of fused-ring (bicyclic) bond motifs is 2. The topological polar surface area (TPSA) is 66.8 Å². The standard InChI is InChI=1S/C34H42N4O3/c1-4-41-34(40)29-19-32(36(3)23(29)2)30-17-25-12-13-35-20-27(25)18-31(30)33(39)38-21-26-11-7-6-10-24(26)16-28(38)22-37-14-8-5-9-15-37/h6-7,10-11,17-19,28,35H,4-5,8-9,12-16,20-22H2,1-3H3/t28-/m0/s1. The third-order valence-electron chi connectivity index (χ3n) is 9.30. The summed E-state index contributed by atoms with van der Waals surface area (Å²) in [5.41, 5.74) is 8.91. The molecular weight excluding hydrogens is 512 g/mol. The van der Waals surface area contributed by atoms with Gasteiger partial charge in [0, 0.05) is 55.2 Å². The van der Waals surface area contributed by atoms with Crippen LogP contribution in [0.1, 0.15) is 74.8 Å². The zero-order valence-corrected chi connectivity index (χ0v) is 24.7. The minimum Gasteiger partial charge on any atom is -0.462 e. The lowest BCUT2D eigenvalue weighted by Gasteiger charge is -2.41. The number of ether oxygens (including phenoxy) is 1.